The van der Waals surface area contributed by atoms with Crippen LogP contribution in [0.25, 0.3) is 0 Å². The maximum atomic E-state index is 13.6. The van der Waals surface area contributed by atoms with Crippen molar-refractivity contribution in [1.29, 1.82) is 0 Å². The molecule has 0 aromatic heterocycles. The predicted molar refractivity (Wildman–Crippen MR) is 65.4 cm³/mol. The molecule has 3 atom stereocenters. The Balaban J connectivity index is 1.66. The lowest BCUT2D eigenvalue weighted by Gasteiger charge is -2.13. The maximum Gasteiger partial charge on any atom is 0.127 e. The summed E-state index contributed by atoms with van der Waals surface area (Å²) >= 11 is 5.70. The van der Waals surface area contributed by atoms with Gasteiger partial charge in [-0.05, 0) is 48.3 Å². The largest absolute Gasteiger partial charge is 0.392 e. The van der Waals surface area contributed by atoms with E-state index in [4.69, 9.17) is 11.6 Å². The molecule has 0 aliphatic heterocycles. The van der Waals surface area contributed by atoms with Gasteiger partial charge in [-0.25, -0.2) is 4.39 Å². The zero-order valence-corrected chi connectivity index (χ0v) is 10.3. The highest BCUT2D eigenvalue weighted by Gasteiger charge is 2.55. The average molecular weight is 255 g/mol. The second-order valence-corrected chi connectivity index (χ2v) is 5.78. The molecular weight excluding hydrogens is 239 g/mol. The summed E-state index contributed by atoms with van der Waals surface area (Å²) in [7, 11) is 0. The Morgan fingerprint density at radius 3 is 2.71 bits per heavy atom. The van der Waals surface area contributed by atoms with Crippen LogP contribution in [0.1, 0.15) is 24.8 Å². The molecule has 92 valence electrons. The third-order valence-corrected chi connectivity index (χ3v) is 4.60. The van der Waals surface area contributed by atoms with E-state index in [2.05, 4.69) is 0 Å². The molecule has 1 nitrogen and oxygen atoms in total. The van der Waals surface area contributed by atoms with Gasteiger partial charge in [0.05, 0.1) is 6.10 Å². The molecule has 0 amide bonds. The van der Waals surface area contributed by atoms with Gasteiger partial charge in [-0.3, -0.25) is 0 Å². The number of aliphatic hydroxyl groups is 1. The first kappa shape index (κ1) is 11.5. The van der Waals surface area contributed by atoms with Gasteiger partial charge in [0.1, 0.15) is 5.82 Å². The lowest BCUT2D eigenvalue weighted by molar-refractivity contribution is 0.134. The van der Waals surface area contributed by atoms with E-state index >= 15 is 0 Å². The second-order valence-electron chi connectivity index (χ2n) is 5.34. The Labute approximate surface area is 106 Å². The standard InChI is InChI=1S/C14H16ClFO/c15-9-5-4-8(12(16)7-9)6-13(17)14-10-2-1-3-11(10)14/h4-5,7,10-11,13-14,17H,1-3,6H2. The van der Waals surface area contributed by atoms with Gasteiger partial charge in [0.25, 0.3) is 0 Å². The van der Waals surface area contributed by atoms with E-state index in [9.17, 15) is 9.50 Å². The predicted octanol–water partition coefficient (Wildman–Crippen LogP) is 3.43. The topological polar surface area (TPSA) is 20.2 Å². The molecule has 2 aliphatic rings. The van der Waals surface area contributed by atoms with Crippen LogP contribution in [0, 0.1) is 23.6 Å². The van der Waals surface area contributed by atoms with Crippen LogP contribution in [0.2, 0.25) is 5.02 Å². The van der Waals surface area contributed by atoms with Crippen molar-refractivity contribution in [2.75, 3.05) is 0 Å². The van der Waals surface area contributed by atoms with E-state index in [0.717, 1.165) is 0 Å². The Bertz CT molecular complexity index is 424. The Hall–Kier alpha value is -0.600. The van der Waals surface area contributed by atoms with Crippen LogP contribution in [0.15, 0.2) is 18.2 Å². The number of hydrogen-bond acceptors (Lipinski definition) is 1. The summed E-state index contributed by atoms with van der Waals surface area (Å²) in [6, 6.07) is 4.68. The summed E-state index contributed by atoms with van der Waals surface area (Å²) < 4.78 is 13.6. The first-order valence-electron chi connectivity index (χ1n) is 6.29. The zero-order chi connectivity index (χ0) is 12.0. The SMILES string of the molecule is OC(Cc1ccc(Cl)cc1F)C1C2CCCC21. The normalized spacial score (nSPS) is 32.3. The van der Waals surface area contributed by atoms with Crippen LogP contribution in [0.5, 0.6) is 0 Å². The van der Waals surface area contributed by atoms with E-state index in [1.165, 1.54) is 25.3 Å². The third-order valence-electron chi connectivity index (χ3n) is 4.36. The molecular formula is C14H16ClFO. The number of benzene rings is 1. The van der Waals surface area contributed by atoms with Crippen molar-refractivity contribution in [1.82, 2.24) is 0 Å². The van der Waals surface area contributed by atoms with Gasteiger partial charge in [-0.2, -0.15) is 0 Å². The molecule has 0 spiro atoms. The fourth-order valence-electron chi connectivity index (χ4n) is 3.50. The van der Waals surface area contributed by atoms with Crippen molar-refractivity contribution in [3.8, 4) is 0 Å². The molecule has 3 rings (SSSR count). The highest BCUT2D eigenvalue weighted by Crippen LogP contribution is 2.59. The minimum atomic E-state index is -0.388. The summed E-state index contributed by atoms with van der Waals surface area (Å²) in [4.78, 5) is 0. The minimum absolute atomic E-state index is 0.303. The molecule has 1 aromatic carbocycles. The van der Waals surface area contributed by atoms with Crippen LogP contribution in [-0.4, -0.2) is 11.2 Å². The van der Waals surface area contributed by atoms with Crippen LogP contribution >= 0.6 is 11.6 Å². The molecule has 2 aliphatic carbocycles. The number of fused-ring (bicyclic) bond motifs is 1. The van der Waals surface area contributed by atoms with Gasteiger partial charge in [-0.1, -0.05) is 24.1 Å². The fourth-order valence-corrected chi connectivity index (χ4v) is 3.66. The van der Waals surface area contributed by atoms with Crippen LogP contribution < -0.4 is 0 Å². The van der Waals surface area contributed by atoms with Crippen molar-refractivity contribution in [3.05, 3.63) is 34.6 Å². The van der Waals surface area contributed by atoms with Crippen molar-refractivity contribution in [3.63, 3.8) is 0 Å². The van der Waals surface area contributed by atoms with Crippen LogP contribution in [-0.2, 0) is 6.42 Å². The third kappa shape index (κ3) is 2.09. The fraction of sp³-hybridized carbons (Fsp3) is 0.571. The van der Waals surface area contributed by atoms with E-state index in [1.54, 1.807) is 12.1 Å². The Kier molecular flexibility index (Phi) is 2.87. The molecule has 0 saturated heterocycles. The lowest BCUT2D eigenvalue weighted by Crippen LogP contribution is -2.17. The maximum absolute atomic E-state index is 13.6. The van der Waals surface area contributed by atoms with Crippen molar-refractivity contribution < 1.29 is 9.50 Å². The monoisotopic (exact) mass is 254 g/mol. The van der Waals surface area contributed by atoms with Gasteiger partial charge >= 0.3 is 0 Å². The number of hydrogen-bond donors (Lipinski definition) is 1. The lowest BCUT2D eigenvalue weighted by atomic mass is 9.99. The van der Waals surface area contributed by atoms with Crippen LogP contribution in [0.4, 0.5) is 4.39 Å². The first-order valence-corrected chi connectivity index (χ1v) is 6.66. The molecule has 1 aromatic rings. The summed E-state index contributed by atoms with van der Waals surface area (Å²) in [5.74, 6) is 1.53. The smallest absolute Gasteiger partial charge is 0.127 e. The van der Waals surface area contributed by atoms with Crippen molar-refractivity contribution in [2.24, 2.45) is 17.8 Å². The molecule has 17 heavy (non-hydrogen) atoms. The first-order chi connectivity index (χ1) is 8.16. The second kappa shape index (κ2) is 4.25. The quantitative estimate of drug-likeness (QED) is 0.876. The Morgan fingerprint density at radius 1 is 1.35 bits per heavy atom. The molecule has 3 heteroatoms. The van der Waals surface area contributed by atoms with Crippen LogP contribution in [0.3, 0.4) is 0 Å². The molecule has 2 fully saturated rings. The van der Waals surface area contributed by atoms with Gasteiger partial charge in [0, 0.05) is 11.4 Å². The molecule has 3 unspecified atom stereocenters. The summed E-state index contributed by atoms with van der Waals surface area (Å²) in [6.07, 6.45) is 3.82. The zero-order valence-electron chi connectivity index (χ0n) is 9.57. The molecule has 0 radical (unpaired) electrons. The molecule has 2 saturated carbocycles. The summed E-state index contributed by atoms with van der Waals surface area (Å²) in [5, 5.41) is 10.5. The molecule has 1 N–H and O–H groups in total. The van der Waals surface area contributed by atoms with Crippen molar-refractivity contribution in [2.45, 2.75) is 31.8 Å². The molecule has 0 bridgehead atoms. The highest BCUT2D eigenvalue weighted by atomic mass is 35.5. The van der Waals surface area contributed by atoms with E-state index in [1.807, 2.05) is 0 Å². The van der Waals surface area contributed by atoms with Crippen molar-refractivity contribution >= 4 is 11.6 Å². The number of rotatable bonds is 3. The van der Waals surface area contributed by atoms with Gasteiger partial charge in [0.2, 0.25) is 0 Å². The van der Waals surface area contributed by atoms with Gasteiger partial charge < -0.3 is 5.11 Å². The number of halogens is 2. The highest BCUT2D eigenvalue weighted by molar-refractivity contribution is 6.30. The summed E-state index contributed by atoms with van der Waals surface area (Å²) in [5.41, 5.74) is 0.576. The Morgan fingerprint density at radius 2 is 2.06 bits per heavy atom. The molecule has 0 heterocycles. The van der Waals surface area contributed by atoms with Gasteiger partial charge in [0.15, 0.2) is 0 Å². The number of aliphatic hydroxyl groups excluding tert-OH is 1. The average Bonchev–Trinajstić information content (AvgIpc) is 2.77. The van der Waals surface area contributed by atoms with E-state index in [-0.39, 0.29) is 11.9 Å². The minimum Gasteiger partial charge on any atom is -0.392 e. The van der Waals surface area contributed by atoms with E-state index in [0.29, 0.717) is 34.8 Å². The van der Waals surface area contributed by atoms with Gasteiger partial charge in [-0.15, -0.1) is 0 Å². The summed E-state index contributed by atoms with van der Waals surface area (Å²) in [6.45, 7) is 0. The van der Waals surface area contributed by atoms with E-state index < -0.39 is 0 Å².